The Morgan fingerprint density at radius 2 is 1.94 bits per heavy atom. The number of halogens is 3. The lowest BCUT2D eigenvalue weighted by Gasteiger charge is -2.34. The SMILES string of the molecule is CCOC(=O)c1c[nH]c(-c2ccnc(Nc3ccc(N4CCN(C)CC4)cc3OC(F)(F)F)n2)c1. The Kier molecular flexibility index (Phi) is 7.10. The highest BCUT2D eigenvalue weighted by Gasteiger charge is 2.33. The lowest BCUT2D eigenvalue weighted by Crippen LogP contribution is -2.44. The molecule has 0 atom stereocenters. The Labute approximate surface area is 199 Å². The van der Waals surface area contributed by atoms with Crippen molar-refractivity contribution >= 4 is 23.3 Å². The molecule has 1 aliphatic heterocycles. The number of nitrogens with one attached hydrogen (secondary N) is 2. The number of piperazine rings is 1. The molecule has 35 heavy (non-hydrogen) atoms. The van der Waals surface area contributed by atoms with Crippen molar-refractivity contribution in [1.29, 1.82) is 0 Å². The van der Waals surface area contributed by atoms with Gasteiger partial charge in [-0.15, -0.1) is 13.2 Å². The summed E-state index contributed by atoms with van der Waals surface area (Å²) in [6.07, 6.45) is -1.92. The van der Waals surface area contributed by atoms with Gasteiger partial charge in [0.25, 0.3) is 0 Å². The van der Waals surface area contributed by atoms with Crippen LogP contribution in [0.5, 0.6) is 5.75 Å². The summed E-state index contributed by atoms with van der Waals surface area (Å²) >= 11 is 0. The van der Waals surface area contributed by atoms with Crippen LogP contribution in [0, 0.1) is 0 Å². The highest BCUT2D eigenvalue weighted by atomic mass is 19.4. The van der Waals surface area contributed by atoms with Gasteiger partial charge in [-0.3, -0.25) is 0 Å². The second-order valence-electron chi connectivity index (χ2n) is 7.93. The molecule has 9 nitrogen and oxygen atoms in total. The number of hydrogen-bond donors (Lipinski definition) is 2. The summed E-state index contributed by atoms with van der Waals surface area (Å²) in [5.41, 5.74) is 1.99. The van der Waals surface area contributed by atoms with Gasteiger partial charge in [-0.2, -0.15) is 0 Å². The molecule has 0 saturated carbocycles. The number of benzene rings is 1. The highest BCUT2D eigenvalue weighted by Crippen LogP contribution is 2.35. The zero-order valence-electron chi connectivity index (χ0n) is 19.2. The van der Waals surface area contributed by atoms with Crippen LogP contribution in [0.4, 0.5) is 30.5 Å². The maximum Gasteiger partial charge on any atom is 0.573 e. The minimum absolute atomic E-state index is 0.0640. The number of H-pyrrole nitrogens is 1. The Morgan fingerprint density at radius 3 is 2.66 bits per heavy atom. The molecule has 1 saturated heterocycles. The summed E-state index contributed by atoms with van der Waals surface area (Å²) in [4.78, 5) is 27.5. The third-order valence-electron chi connectivity index (χ3n) is 5.43. The fourth-order valence-electron chi connectivity index (χ4n) is 3.65. The zero-order valence-corrected chi connectivity index (χ0v) is 19.2. The van der Waals surface area contributed by atoms with Crippen molar-refractivity contribution in [2.75, 3.05) is 50.1 Å². The van der Waals surface area contributed by atoms with Gasteiger partial charge in [-0.05, 0) is 38.2 Å². The average Bonchev–Trinajstić information content (AvgIpc) is 3.31. The van der Waals surface area contributed by atoms with Gasteiger partial charge >= 0.3 is 12.3 Å². The smallest absolute Gasteiger partial charge is 0.462 e. The van der Waals surface area contributed by atoms with Crippen LogP contribution in [-0.4, -0.2) is 72.0 Å². The van der Waals surface area contributed by atoms with Crippen molar-refractivity contribution in [3.05, 3.63) is 48.3 Å². The number of aromatic amines is 1. The molecule has 2 N–H and O–H groups in total. The third-order valence-corrected chi connectivity index (χ3v) is 5.43. The number of esters is 1. The molecule has 0 spiro atoms. The standard InChI is InChI=1S/C23H25F3N6O3/c1-3-34-21(33)15-12-19(28-14-15)17-6-7-27-22(29-17)30-18-5-4-16(13-20(18)35-23(24,25)26)32-10-8-31(2)9-11-32/h4-7,12-14,28H,3,8-11H2,1-2H3,(H,27,29,30). The number of hydrogen-bond acceptors (Lipinski definition) is 8. The maximum absolute atomic E-state index is 13.1. The van der Waals surface area contributed by atoms with E-state index in [1.807, 2.05) is 11.9 Å². The van der Waals surface area contributed by atoms with Crippen LogP contribution in [-0.2, 0) is 4.74 Å². The van der Waals surface area contributed by atoms with E-state index in [0.717, 1.165) is 13.1 Å². The summed E-state index contributed by atoms with van der Waals surface area (Å²) in [5, 5.41) is 2.81. The first-order valence-corrected chi connectivity index (χ1v) is 11.0. The summed E-state index contributed by atoms with van der Waals surface area (Å²) in [6.45, 7) is 4.98. The highest BCUT2D eigenvalue weighted by molar-refractivity contribution is 5.90. The Balaban J connectivity index is 1.58. The molecule has 0 radical (unpaired) electrons. The number of alkyl halides is 3. The molecule has 1 aliphatic rings. The molecule has 0 bridgehead atoms. The van der Waals surface area contributed by atoms with Crippen molar-refractivity contribution in [2.45, 2.75) is 13.3 Å². The first-order chi connectivity index (χ1) is 16.7. The van der Waals surface area contributed by atoms with E-state index in [4.69, 9.17) is 4.74 Å². The van der Waals surface area contributed by atoms with Crippen LogP contribution in [0.15, 0.2) is 42.7 Å². The van der Waals surface area contributed by atoms with Crippen LogP contribution in [0.25, 0.3) is 11.4 Å². The molecule has 3 heterocycles. The first-order valence-electron chi connectivity index (χ1n) is 11.0. The Bertz CT molecular complexity index is 1180. The van der Waals surface area contributed by atoms with E-state index in [0.29, 0.717) is 35.7 Å². The number of carbonyl (C=O) groups is 1. The molecule has 1 aromatic carbocycles. The van der Waals surface area contributed by atoms with E-state index in [1.54, 1.807) is 25.1 Å². The van der Waals surface area contributed by atoms with Gasteiger partial charge in [0.05, 0.1) is 29.2 Å². The van der Waals surface area contributed by atoms with Crippen molar-refractivity contribution in [3.63, 3.8) is 0 Å². The predicted molar refractivity (Wildman–Crippen MR) is 124 cm³/mol. The number of likely N-dealkylation sites (N-methyl/N-ethyl adjacent to an activating group) is 1. The van der Waals surface area contributed by atoms with Gasteiger partial charge < -0.3 is 29.6 Å². The lowest BCUT2D eigenvalue weighted by molar-refractivity contribution is -0.274. The van der Waals surface area contributed by atoms with Crippen molar-refractivity contribution in [3.8, 4) is 17.1 Å². The van der Waals surface area contributed by atoms with E-state index >= 15 is 0 Å². The molecule has 0 unspecified atom stereocenters. The molecular formula is C23H25F3N6O3. The number of carbonyl (C=O) groups excluding carboxylic acids is 1. The average molecular weight is 490 g/mol. The topological polar surface area (TPSA) is 95.6 Å². The molecule has 186 valence electrons. The van der Waals surface area contributed by atoms with Gasteiger partial charge in [0.2, 0.25) is 5.95 Å². The normalized spacial score (nSPS) is 14.6. The van der Waals surface area contributed by atoms with E-state index in [2.05, 4.69) is 29.9 Å². The number of ether oxygens (including phenoxy) is 2. The molecule has 0 amide bonds. The lowest BCUT2D eigenvalue weighted by atomic mass is 10.2. The molecule has 3 aromatic rings. The summed E-state index contributed by atoms with van der Waals surface area (Å²) < 4.78 is 48.7. The molecule has 1 fully saturated rings. The number of anilines is 3. The van der Waals surface area contributed by atoms with Gasteiger partial charge in [0.15, 0.2) is 5.75 Å². The zero-order chi connectivity index (χ0) is 25.0. The van der Waals surface area contributed by atoms with Gasteiger partial charge in [-0.1, -0.05) is 0 Å². The molecule has 2 aromatic heterocycles. The van der Waals surface area contributed by atoms with Crippen LogP contribution in [0.2, 0.25) is 0 Å². The second-order valence-corrected chi connectivity index (χ2v) is 7.93. The van der Waals surface area contributed by atoms with Gasteiger partial charge in [-0.25, -0.2) is 14.8 Å². The minimum Gasteiger partial charge on any atom is -0.462 e. The van der Waals surface area contributed by atoms with E-state index in [-0.39, 0.29) is 24.0 Å². The van der Waals surface area contributed by atoms with E-state index in [9.17, 15) is 18.0 Å². The predicted octanol–water partition coefficient (Wildman–Crippen LogP) is 4.04. The van der Waals surface area contributed by atoms with Crippen LogP contribution in [0.3, 0.4) is 0 Å². The number of nitrogens with zero attached hydrogens (tertiary/aromatic N) is 4. The number of rotatable bonds is 7. The van der Waals surface area contributed by atoms with Gasteiger partial charge in [0.1, 0.15) is 0 Å². The van der Waals surface area contributed by atoms with E-state index in [1.165, 1.54) is 24.5 Å². The summed E-state index contributed by atoms with van der Waals surface area (Å²) in [6, 6.07) is 7.79. The maximum atomic E-state index is 13.1. The quantitative estimate of drug-likeness (QED) is 0.479. The Morgan fingerprint density at radius 1 is 1.17 bits per heavy atom. The molecule has 12 heteroatoms. The largest absolute Gasteiger partial charge is 0.573 e. The monoisotopic (exact) mass is 490 g/mol. The molecule has 4 rings (SSSR count). The fraction of sp³-hybridized carbons (Fsp3) is 0.348. The van der Waals surface area contributed by atoms with Crippen LogP contribution < -0.4 is 15.0 Å². The first kappa shape index (κ1) is 24.3. The number of aromatic nitrogens is 3. The molecular weight excluding hydrogens is 465 g/mol. The van der Waals surface area contributed by atoms with Crippen molar-refractivity contribution in [1.82, 2.24) is 19.9 Å². The summed E-state index contributed by atoms with van der Waals surface area (Å²) in [7, 11) is 2.00. The second kappa shape index (κ2) is 10.2. The summed E-state index contributed by atoms with van der Waals surface area (Å²) in [5.74, 6) is -0.793. The van der Waals surface area contributed by atoms with E-state index < -0.39 is 12.3 Å². The molecule has 0 aliphatic carbocycles. The third kappa shape index (κ3) is 6.21. The van der Waals surface area contributed by atoms with Crippen LogP contribution >= 0.6 is 0 Å². The Hall–Kier alpha value is -3.80. The fourth-order valence-corrected chi connectivity index (χ4v) is 3.65. The van der Waals surface area contributed by atoms with Crippen molar-refractivity contribution < 1.29 is 27.4 Å². The van der Waals surface area contributed by atoms with Gasteiger partial charge in [0, 0.05) is 50.3 Å². The van der Waals surface area contributed by atoms with Crippen molar-refractivity contribution in [2.24, 2.45) is 0 Å². The minimum atomic E-state index is -4.87. The van der Waals surface area contributed by atoms with Crippen LogP contribution in [0.1, 0.15) is 17.3 Å².